The third-order valence-electron chi connectivity index (χ3n) is 20.6. The van der Waals surface area contributed by atoms with Crippen molar-refractivity contribution in [2.75, 3.05) is 24.5 Å². The van der Waals surface area contributed by atoms with Crippen LogP contribution in [0.4, 0.5) is 5.69 Å². The van der Waals surface area contributed by atoms with Gasteiger partial charge in [0.15, 0.2) is 5.78 Å². The number of amides is 2. The first-order valence-electron chi connectivity index (χ1n) is 25.7. The fraction of sp³-hybridized carbons (Fsp3) is 0.764. The Labute approximate surface area is 399 Å². The number of carboxylic acid groups (broad SMARTS) is 1. The van der Waals surface area contributed by atoms with Crippen LogP contribution in [0.2, 0.25) is 0 Å². The zero-order valence-electron chi connectivity index (χ0n) is 42.4. The summed E-state index contributed by atoms with van der Waals surface area (Å²) in [5.41, 5.74) is 0.243. The third-order valence-corrected chi connectivity index (χ3v) is 20.6. The molecule has 1 aliphatic heterocycles. The largest absolute Gasteiger partial charge is 0.481 e. The Balaban J connectivity index is 0.962. The Morgan fingerprint density at radius 3 is 2.09 bits per heavy atom. The summed E-state index contributed by atoms with van der Waals surface area (Å²) in [7, 11) is 0. The van der Waals surface area contributed by atoms with Crippen LogP contribution in [0.25, 0.3) is 0 Å². The zero-order chi connectivity index (χ0) is 49.0. The maximum absolute atomic E-state index is 14.3. The Morgan fingerprint density at radius 1 is 0.821 bits per heavy atom. The van der Waals surface area contributed by atoms with E-state index in [9.17, 15) is 39.3 Å². The number of Topliss-reactive ketones (excluding diaryl/α,β-unsaturated/α-hetero) is 1. The summed E-state index contributed by atoms with van der Waals surface area (Å²) in [4.78, 5) is 69.4. The number of anilines is 1. The summed E-state index contributed by atoms with van der Waals surface area (Å²) in [6.07, 6.45) is 7.62. The molecule has 7 aliphatic rings. The number of nitrogens with zero attached hydrogens (tertiary/aromatic N) is 1. The predicted octanol–water partition coefficient (Wildman–Crippen LogP) is 8.27. The van der Waals surface area contributed by atoms with E-state index < -0.39 is 46.2 Å². The second-order valence-corrected chi connectivity index (χ2v) is 25.2. The number of hydrogen-bond donors (Lipinski definition) is 5. The minimum atomic E-state index is -1.29. The van der Waals surface area contributed by atoms with Crippen molar-refractivity contribution in [3.8, 4) is 0 Å². The number of aliphatic carboxylic acids is 1. The van der Waals surface area contributed by atoms with Gasteiger partial charge in [-0.2, -0.15) is 0 Å². The molecule has 6 aliphatic carbocycles. The number of fused-ring (bicyclic) bond motifs is 7. The van der Waals surface area contributed by atoms with E-state index in [0.717, 1.165) is 74.9 Å². The number of carboxylic acids is 1. The predicted molar refractivity (Wildman–Crippen MR) is 257 cm³/mol. The minimum Gasteiger partial charge on any atom is -0.481 e. The first kappa shape index (κ1) is 49.6. The van der Waals surface area contributed by atoms with E-state index in [0.29, 0.717) is 43.1 Å². The summed E-state index contributed by atoms with van der Waals surface area (Å²) in [6.45, 7) is 24.8. The van der Waals surface area contributed by atoms with Crippen LogP contribution in [-0.2, 0) is 23.9 Å². The molecule has 0 radical (unpaired) electrons. The summed E-state index contributed by atoms with van der Waals surface area (Å²) in [5.74, 6) is -1.92. The first-order chi connectivity index (χ1) is 31.2. The standard InChI is InChI=1S/C55H81N3O9/c1-31(2)43-38(60)29-55(41(61)30-56-48(66)51(7,8)57-45(62)32-12-14-33(15-13-32)58-26-20-34(59)21-27-58)25-24-53(10)35(44(43)55)16-17-40-52(9)22-19-42(50(5,6)39(52)18-23-54(40,53)11)67-47(65)37-28-36(46(63)64)49(37,3)4/h12-15,31,34-37,39-42,59,61H,16-30H2,1-11H3,(H,56,66)(H,57,62)(H,63,64)/t35-,36+,37-,39+,40-,41+,42+,52+,53-,54-,55+/m1/s1. The number of aliphatic hydroxyl groups is 2. The number of rotatable bonds is 11. The highest BCUT2D eigenvalue weighted by atomic mass is 16.5. The normalized spacial score (nSPS) is 37.3. The lowest BCUT2D eigenvalue weighted by Gasteiger charge is -2.72. The quantitative estimate of drug-likeness (QED) is 0.136. The van der Waals surface area contributed by atoms with Gasteiger partial charge in [-0.05, 0) is 160 Å². The van der Waals surface area contributed by atoms with E-state index in [1.54, 1.807) is 26.0 Å². The molecule has 1 aromatic carbocycles. The van der Waals surface area contributed by atoms with E-state index >= 15 is 0 Å². The first-order valence-corrected chi connectivity index (χ1v) is 25.7. The lowest BCUT2D eigenvalue weighted by molar-refractivity contribution is -0.238. The highest BCUT2D eigenvalue weighted by Crippen LogP contribution is 2.77. The van der Waals surface area contributed by atoms with E-state index in [2.05, 4.69) is 64.0 Å². The molecule has 8 rings (SSSR count). The Morgan fingerprint density at radius 2 is 1.48 bits per heavy atom. The van der Waals surface area contributed by atoms with Crippen LogP contribution < -0.4 is 15.5 Å². The molecule has 6 fully saturated rings. The highest BCUT2D eigenvalue weighted by molar-refractivity contribution is 6.01. The molecule has 0 unspecified atom stereocenters. The number of aliphatic hydroxyl groups excluding tert-OH is 2. The van der Waals surface area contributed by atoms with Crippen molar-refractivity contribution in [2.45, 2.75) is 177 Å². The van der Waals surface area contributed by atoms with Crippen molar-refractivity contribution in [2.24, 2.45) is 68.0 Å². The molecule has 0 spiro atoms. The molecular weight excluding hydrogens is 847 g/mol. The van der Waals surface area contributed by atoms with E-state index in [-0.39, 0.29) is 76.3 Å². The molecule has 12 heteroatoms. The van der Waals surface area contributed by atoms with E-state index in [1.165, 1.54) is 0 Å². The Bertz CT molecular complexity index is 2190. The number of carbonyl (C=O) groups excluding carboxylic acids is 4. The fourth-order valence-corrected chi connectivity index (χ4v) is 16.2. The van der Waals surface area contributed by atoms with Gasteiger partial charge in [-0.25, -0.2) is 0 Å². The van der Waals surface area contributed by atoms with Crippen molar-refractivity contribution in [3.05, 3.63) is 41.0 Å². The average molecular weight is 928 g/mol. The van der Waals surface area contributed by atoms with Gasteiger partial charge in [-0.1, -0.05) is 67.9 Å². The molecule has 11 atom stereocenters. The zero-order valence-corrected chi connectivity index (χ0v) is 42.4. The maximum atomic E-state index is 14.3. The number of piperidine rings is 1. The second kappa shape index (κ2) is 17.0. The van der Waals surface area contributed by atoms with Crippen LogP contribution in [0.3, 0.4) is 0 Å². The van der Waals surface area contributed by atoms with Crippen LogP contribution in [0.5, 0.6) is 0 Å². The van der Waals surface area contributed by atoms with Crippen LogP contribution in [0, 0.1) is 68.0 Å². The summed E-state index contributed by atoms with van der Waals surface area (Å²) < 4.78 is 6.43. The van der Waals surface area contributed by atoms with Gasteiger partial charge in [0.2, 0.25) is 5.91 Å². The topological polar surface area (TPSA) is 183 Å². The molecule has 5 saturated carbocycles. The molecule has 12 nitrogen and oxygen atoms in total. The SMILES string of the molecule is CC(C)C1=C2[C@H]3CC[C@@H]4[C@@]5(C)CC[C@H](OC(=O)[C@H]6C[C@@H](C(=O)O)C6(C)C)C(C)(C)[C@@H]5CC[C@@]4(C)[C@]3(C)CC[C@@]2([C@@H](O)CNC(=O)C(C)(C)NC(=O)c2ccc(N3CCC(O)CC3)cc2)CC1=O. The number of esters is 1. The Hall–Kier alpha value is -3.77. The Kier molecular flexibility index (Phi) is 12.6. The molecule has 0 aromatic heterocycles. The van der Waals surface area contributed by atoms with Crippen LogP contribution in [0.15, 0.2) is 35.4 Å². The van der Waals surface area contributed by atoms with Crippen LogP contribution in [0.1, 0.15) is 164 Å². The molecule has 5 N–H and O–H groups in total. The minimum absolute atomic E-state index is 0.000659. The van der Waals surface area contributed by atoms with Gasteiger partial charge in [0.1, 0.15) is 11.6 Å². The van der Waals surface area contributed by atoms with Gasteiger partial charge < -0.3 is 35.6 Å². The lowest BCUT2D eigenvalue weighted by Crippen LogP contribution is -2.66. The molecule has 2 amide bonds. The highest BCUT2D eigenvalue weighted by Gasteiger charge is 2.71. The summed E-state index contributed by atoms with van der Waals surface area (Å²) in [6, 6.07) is 7.30. The molecule has 67 heavy (non-hydrogen) atoms. The number of allylic oxidation sites excluding steroid dienone is 1. The van der Waals surface area contributed by atoms with E-state index in [4.69, 9.17) is 4.74 Å². The second-order valence-electron chi connectivity index (χ2n) is 25.2. The van der Waals surface area contributed by atoms with Gasteiger partial charge in [-0.15, -0.1) is 0 Å². The maximum Gasteiger partial charge on any atom is 0.309 e. The van der Waals surface area contributed by atoms with Crippen molar-refractivity contribution >= 4 is 35.2 Å². The van der Waals surface area contributed by atoms with Crippen molar-refractivity contribution in [1.29, 1.82) is 0 Å². The van der Waals surface area contributed by atoms with E-state index in [1.807, 2.05) is 26.0 Å². The number of nitrogens with one attached hydrogen (secondary N) is 2. The van der Waals surface area contributed by atoms with Gasteiger partial charge >= 0.3 is 11.9 Å². The number of carbonyl (C=O) groups is 5. The molecule has 370 valence electrons. The van der Waals surface area contributed by atoms with Gasteiger partial charge in [0.05, 0.1) is 24.0 Å². The van der Waals surface area contributed by atoms with Crippen molar-refractivity contribution in [1.82, 2.24) is 10.6 Å². The van der Waals surface area contributed by atoms with Crippen LogP contribution in [-0.4, -0.2) is 88.3 Å². The molecular formula is C55H81N3O9. The summed E-state index contributed by atoms with van der Waals surface area (Å²) in [5, 5.41) is 37.9. The smallest absolute Gasteiger partial charge is 0.309 e. The van der Waals surface area contributed by atoms with Crippen molar-refractivity contribution in [3.63, 3.8) is 0 Å². The van der Waals surface area contributed by atoms with Gasteiger partial charge in [-0.3, -0.25) is 24.0 Å². The van der Waals surface area contributed by atoms with Gasteiger partial charge in [0.25, 0.3) is 5.91 Å². The number of benzene rings is 1. The lowest BCUT2D eigenvalue weighted by atomic mass is 9.33. The monoisotopic (exact) mass is 928 g/mol. The fourth-order valence-electron chi connectivity index (χ4n) is 16.2. The summed E-state index contributed by atoms with van der Waals surface area (Å²) >= 11 is 0. The number of ether oxygens (including phenoxy) is 1. The molecule has 1 saturated heterocycles. The number of ketones is 1. The molecule has 0 bridgehead atoms. The molecule has 1 aromatic rings. The van der Waals surface area contributed by atoms with Gasteiger partial charge in [0, 0.05) is 48.1 Å². The third kappa shape index (κ3) is 7.79. The molecule has 1 heterocycles. The van der Waals surface area contributed by atoms with Crippen LogP contribution >= 0.6 is 0 Å². The van der Waals surface area contributed by atoms with Crippen molar-refractivity contribution < 1.29 is 44.0 Å². The number of hydrogen-bond acceptors (Lipinski definition) is 9. The average Bonchev–Trinajstić information content (AvgIpc) is 3.56.